The summed E-state index contributed by atoms with van der Waals surface area (Å²) in [6, 6.07) is 6.33. The van der Waals surface area contributed by atoms with Crippen LogP contribution in [0, 0.1) is 0 Å². The van der Waals surface area contributed by atoms with Crippen LogP contribution in [0.3, 0.4) is 0 Å². The van der Waals surface area contributed by atoms with Gasteiger partial charge in [-0.05, 0) is 38.0 Å². The summed E-state index contributed by atoms with van der Waals surface area (Å²) in [5, 5.41) is 7.98. The average Bonchev–Trinajstić information content (AvgIpc) is 3.24. The van der Waals surface area contributed by atoms with Crippen LogP contribution in [0.5, 0.6) is 0 Å². The number of benzene rings is 1. The smallest absolute Gasteiger partial charge is 0.262 e. The van der Waals surface area contributed by atoms with E-state index >= 15 is 0 Å². The molecular weight excluding hydrogens is 425 g/mol. The molecule has 2 unspecified atom stereocenters. The molecule has 0 saturated carbocycles. The van der Waals surface area contributed by atoms with Crippen molar-refractivity contribution in [3.63, 3.8) is 0 Å². The Morgan fingerprint density at radius 2 is 1.97 bits per heavy atom. The molecule has 29 heavy (non-hydrogen) atoms. The van der Waals surface area contributed by atoms with E-state index in [0.29, 0.717) is 5.69 Å². The Morgan fingerprint density at radius 3 is 2.59 bits per heavy atom. The van der Waals surface area contributed by atoms with E-state index in [0.717, 1.165) is 18.8 Å². The molecule has 0 spiro atoms. The molecule has 0 aromatic heterocycles. The summed E-state index contributed by atoms with van der Waals surface area (Å²) in [5.41, 5.74) is 1.79. The zero-order valence-electron chi connectivity index (χ0n) is 16.2. The van der Waals surface area contributed by atoms with E-state index in [2.05, 4.69) is 20.9 Å². The Morgan fingerprint density at radius 1 is 1.28 bits per heavy atom. The second-order valence-corrected chi connectivity index (χ2v) is 7.40. The largest absolute Gasteiger partial charge is 0.371 e. The van der Waals surface area contributed by atoms with Crippen molar-refractivity contribution in [2.45, 2.75) is 50.6 Å². The van der Waals surface area contributed by atoms with Gasteiger partial charge in [0.1, 0.15) is 0 Å². The molecule has 6 nitrogen and oxygen atoms in total. The number of anilines is 2. The molecule has 2 atom stereocenters. The highest BCUT2D eigenvalue weighted by Gasteiger charge is 2.42. The Kier molecular flexibility index (Phi) is 9.58. The molecule has 2 aliphatic heterocycles. The fraction of sp³-hybridized carbons (Fsp3) is 0.579. The number of rotatable bonds is 6. The number of halogens is 4. The van der Waals surface area contributed by atoms with Crippen molar-refractivity contribution < 1.29 is 18.4 Å². The van der Waals surface area contributed by atoms with Gasteiger partial charge < -0.3 is 15.5 Å². The Hall–Kier alpha value is -1.64. The standard InChI is InChI=1S/C19H26F2N4O2.2ClH/c1-13(23-18(27)16-11-19(20,21)12-22-16)9-17(26)24-14-5-4-6-15(10-14)25-7-2-3-8-25;;/h4-6,10,13,16,22H,2-3,7-9,11-12H2,1H3,(H,23,27)(H,24,26);2*1H. The number of nitrogens with one attached hydrogen (secondary N) is 3. The minimum atomic E-state index is -2.86. The summed E-state index contributed by atoms with van der Waals surface area (Å²) in [7, 11) is 0. The SMILES string of the molecule is CC(CC(=O)Nc1cccc(N2CCCC2)c1)NC(=O)C1CC(F)(F)CN1.Cl.Cl. The molecule has 10 heteroatoms. The van der Waals surface area contributed by atoms with E-state index in [1.807, 2.05) is 24.3 Å². The fourth-order valence-corrected chi connectivity index (χ4v) is 3.54. The number of alkyl halides is 2. The maximum Gasteiger partial charge on any atom is 0.262 e. The van der Waals surface area contributed by atoms with Crippen molar-refractivity contribution >= 4 is 48.0 Å². The van der Waals surface area contributed by atoms with Crippen LogP contribution in [-0.4, -0.2) is 49.5 Å². The summed E-state index contributed by atoms with van der Waals surface area (Å²) in [6.45, 7) is 3.24. The van der Waals surface area contributed by atoms with E-state index in [-0.39, 0.29) is 37.1 Å². The number of carbonyl (C=O) groups excluding carboxylic acids is 2. The quantitative estimate of drug-likeness (QED) is 0.620. The van der Waals surface area contributed by atoms with Crippen molar-refractivity contribution in [3.05, 3.63) is 24.3 Å². The lowest BCUT2D eigenvalue weighted by Crippen LogP contribution is -2.45. The molecule has 0 radical (unpaired) electrons. The zero-order chi connectivity index (χ0) is 19.4. The molecular formula is C19H28Cl2F2N4O2. The van der Waals surface area contributed by atoms with Gasteiger partial charge >= 0.3 is 0 Å². The highest BCUT2D eigenvalue weighted by molar-refractivity contribution is 5.92. The zero-order valence-corrected chi connectivity index (χ0v) is 17.9. The first-order valence-corrected chi connectivity index (χ1v) is 9.39. The van der Waals surface area contributed by atoms with Crippen LogP contribution < -0.4 is 20.9 Å². The Labute approximate surface area is 182 Å². The van der Waals surface area contributed by atoms with Gasteiger partial charge in [-0.2, -0.15) is 0 Å². The molecule has 1 aromatic rings. The van der Waals surface area contributed by atoms with Gasteiger partial charge in [0.05, 0.1) is 12.6 Å². The third kappa shape index (κ3) is 7.28. The summed E-state index contributed by atoms with van der Waals surface area (Å²) in [4.78, 5) is 26.6. The number of carbonyl (C=O) groups is 2. The van der Waals surface area contributed by atoms with Crippen LogP contribution >= 0.6 is 24.8 Å². The first-order valence-electron chi connectivity index (χ1n) is 9.39. The molecule has 2 aliphatic rings. The second-order valence-electron chi connectivity index (χ2n) is 7.40. The highest BCUT2D eigenvalue weighted by atomic mass is 35.5. The molecule has 0 aliphatic carbocycles. The van der Waals surface area contributed by atoms with Crippen LogP contribution in [0.25, 0.3) is 0 Å². The normalized spacial score (nSPS) is 20.9. The molecule has 164 valence electrons. The summed E-state index contributed by atoms with van der Waals surface area (Å²) in [5.74, 6) is -3.59. The van der Waals surface area contributed by atoms with E-state index in [9.17, 15) is 18.4 Å². The van der Waals surface area contributed by atoms with Gasteiger partial charge in [0.25, 0.3) is 5.92 Å². The van der Waals surface area contributed by atoms with Gasteiger partial charge in [-0.3, -0.25) is 14.9 Å². The van der Waals surface area contributed by atoms with Crippen molar-refractivity contribution in [2.24, 2.45) is 0 Å². The molecule has 1 aromatic carbocycles. The van der Waals surface area contributed by atoms with Gasteiger partial charge in [0.2, 0.25) is 11.8 Å². The average molecular weight is 453 g/mol. The first-order chi connectivity index (χ1) is 12.8. The topological polar surface area (TPSA) is 73.5 Å². The van der Waals surface area contributed by atoms with Crippen molar-refractivity contribution in [1.29, 1.82) is 0 Å². The maximum atomic E-state index is 13.2. The minimum absolute atomic E-state index is 0. The number of hydrogen-bond donors (Lipinski definition) is 3. The van der Waals surface area contributed by atoms with E-state index < -0.39 is 36.9 Å². The lowest BCUT2D eigenvalue weighted by Gasteiger charge is -2.19. The third-order valence-corrected chi connectivity index (χ3v) is 4.91. The number of nitrogens with zero attached hydrogens (tertiary/aromatic N) is 1. The van der Waals surface area contributed by atoms with Gasteiger partial charge in [-0.1, -0.05) is 6.07 Å². The van der Waals surface area contributed by atoms with Crippen molar-refractivity contribution in [3.8, 4) is 0 Å². The highest BCUT2D eigenvalue weighted by Crippen LogP contribution is 2.25. The van der Waals surface area contributed by atoms with Crippen molar-refractivity contribution in [1.82, 2.24) is 10.6 Å². The Bertz CT molecular complexity index is 703. The molecule has 2 amide bonds. The number of hydrogen-bond acceptors (Lipinski definition) is 4. The lowest BCUT2D eigenvalue weighted by molar-refractivity contribution is -0.124. The van der Waals surface area contributed by atoms with Crippen LogP contribution in [0.15, 0.2) is 24.3 Å². The monoisotopic (exact) mass is 452 g/mol. The molecule has 0 bridgehead atoms. The summed E-state index contributed by atoms with van der Waals surface area (Å²) in [6.07, 6.45) is 1.91. The molecule has 2 heterocycles. The van der Waals surface area contributed by atoms with Gasteiger partial charge in [-0.25, -0.2) is 8.78 Å². The van der Waals surface area contributed by atoms with E-state index in [4.69, 9.17) is 0 Å². The predicted octanol–water partition coefficient (Wildman–Crippen LogP) is 2.96. The fourth-order valence-electron chi connectivity index (χ4n) is 3.54. The molecule has 3 N–H and O–H groups in total. The van der Waals surface area contributed by atoms with Gasteiger partial charge in [0, 0.05) is 43.3 Å². The van der Waals surface area contributed by atoms with Crippen LogP contribution in [-0.2, 0) is 9.59 Å². The van der Waals surface area contributed by atoms with Crippen LogP contribution in [0.1, 0.15) is 32.6 Å². The third-order valence-electron chi connectivity index (χ3n) is 4.91. The lowest BCUT2D eigenvalue weighted by atomic mass is 10.1. The van der Waals surface area contributed by atoms with E-state index in [1.165, 1.54) is 12.8 Å². The molecule has 3 rings (SSSR count). The molecule has 2 saturated heterocycles. The Balaban J connectivity index is 0.00000210. The molecule has 2 fully saturated rings. The number of amides is 2. The predicted molar refractivity (Wildman–Crippen MR) is 115 cm³/mol. The second kappa shape index (κ2) is 10.9. The van der Waals surface area contributed by atoms with Crippen LogP contribution in [0.2, 0.25) is 0 Å². The van der Waals surface area contributed by atoms with Crippen molar-refractivity contribution in [2.75, 3.05) is 29.9 Å². The maximum absolute atomic E-state index is 13.2. The van der Waals surface area contributed by atoms with Gasteiger partial charge in [0.15, 0.2) is 0 Å². The summed E-state index contributed by atoms with van der Waals surface area (Å²) < 4.78 is 26.4. The summed E-state index contributed by atoms with van der Waals surface area (Å²) >= 11 is 0. The van der Waals surface area contributed by atoms with E-state index in [1.54, 1.807) is 6.92 Å². The first kappa shape index (κ1) is 25.4. The minimum Gasteiger partial charge on any atom is -0.371 e. The van der Waals surface area contributed by atoms with Crippen LogP contribution in [0.4, 0.5) is 20.2 Å². The van der Waals surface area contributed by atoms with Gasteiger partial charge in [-0.15, -0.1) is 24.8 Å².